The highest BCUT2D eigenvalue weighted by molar-refractivity contribution is 9.10. The summed E-state index contributed by atoms with van der Waals surface area (Å²) < 4.78 is 31.9. The Bertz CT molecular complexity index is 607. The molecule has 0 spiro atoms. The zero-order valence-electron chi connectivity index (χ0n) is 15.7. The number of nitrogens with zero attached hydrogens (tertiary/aromatic N) is 2. The monoisotopic (exact) mass is 434 g/mol. The molecule has 0 amide bonds. The molecule has 1 unspecified atom stereocenters. The summed E-state index contributed by atoms with van der Waals surface area (Å²) in [7, 11) is -1.90. The van der Waals surface area contributed by atoms with Crippen molar-refractivity contribution in [1.29, 1.82) is 0 Å². The van der Waals surface area contributed by atoms with Crippen molar-refractivity contribution in [2.45, 2.75) is 71.3 Å². The van der Waals surface area contributed by atoms with Crippen molar-refractivity contribution in [3.05, 3.63) is 22.2 Å². The zero-order valence-corrected chi connectivity index (χ0v) is 19.1. The second kappa shape index (κ2) is 8.43. The Morgan fingerprint density at radius 3 is 2.21 bits per heavy atom. The summed E-state index contributed by atoms with van der Waals surface area (Å²) in [5, 5.41) is 0.794. The van der Waals surface area contributed by atoms with Gasteiger partial charge in [0.2, 0.25) is 0 Å². The van der Waals surface area contributed by atoms with E-state index in [4.69, 9.17) is 0 Å². The van der Waals surface area contributed by atoms with Crippen molar-refractivity contribution in [2.75, 3.05) is 0 Å². The van der Waals surface area contributed by atoms with Crippen molar-refractivity contribution in [1.82, 2.24) is 4.98 Å². The Labute approximate surface area is 158 Å². The molecule has 0 aliphatic heterocycles. The van der Waals surface area contributed by atoms with Crippen LogP contribution >= 0.6 is 15.9 Å². The summed E-state index contributed by atoms with van der Waals surface area (Å²) in [6.45, 7) is 13.6. The highest BCUT2D eigenvalue weighted by atomic mass is 79.9. The van der Waals surface area contributed by atoms with Gasteiger partial charge in [-0.05, 0) is 54.9 Å². The summed E-state index contributed by atoms with van der Waals surface area (Å²) >= 11 is 1.98. The predicted molar refractivity (Wildman–Crippen MR) is 109 cm³/mol. The number of halogens is 2. The molecule has 0 saturated carbocycles. The quantitative estimate of drug-likeness (QED) is 0.274. The predicted octanol–water partition coefficient (Wildman–Crippen LogP) is 4.97. The fourth-order valence-corrected chi connectivity index (χ4v) is 7.65. The molecule has 136 valence electrons. The van der Waals surface area contributed by atoms with Gasteiger partial charge in [-0.1, -0.05) is 43.3 Å². The average Bonchev–Trinajstić information content (AvgIpc) is 2.51. The van der Waals surface area contributed by atoms with Gasteiger partial charge in [-0.25, -0.2) is 9.37 Å². The van der Waals surface area contributed by atoms with E-state index in [1.165, 1.54) is 0 Å². The summed E-state index contributed by atoms with van der Waals surface area (Å²) in [5.41, 5.74) is 0.596. The first-order chi connectivity index (χ1) is 11.0. The van der Waals surface area contributed by atoms with E-state index in [1.54, 1.807) is 6.92 Å². The van der Waals surface area contributed by atoms with Crippen LogP contribution in [0.25, 0.3) is 0 Å². The molecule has 7 heteroatoms. The second-order valence-electron chi connectivity index (χ2n) is 7.03. The van der Waals surface area contributed by atoms with Crippen LogP contribution in [-0.4, -0.2) is 28.1 Å². The fraction of sp³-hybridized carbons (Fsp3) is 0.647. The minimum atomic E-state index is -1.90. The van der Waals surface area contributed by atoms with E-state index in [9.17, 15) is 4.55 Å². The van der Waals surface area contributed by atoms with Crippen LogP contribution in [0.1, 0.15) is 54.2 Å². The molecular weight excluding hydrogens is 407 g/mol. The molecule has 0 aliphatic rings. The van der Waals surface area contributed by atoms with Crippen LogP contribution in [0, 0.1) is 5.82 Å². The Kier molecular flexibility index (Phi) is 7.65. The molecular formula is C17H28BrFN2OSSi. The van der Waals surface area contributed by atoms with Gasteiger partial charge in [0.05, 0.1) is 8.07 Å². The third kappa shape index (κ3) is 4.68. The Hall–Kier alpha value is -0.243. The number of hydrogen-bond acceptors (Lipinski definition) is 3. The number of hydrogen-bond donors (Lipinski definition) is 0. The lowest BCUT2D eigenvalue weighted by molar-refractivity contribution is 0.561. The SMILES string of the molecule is CC[Si](CC)(CC)c1cc(Br)nc(/C(C)=N\[S+]([O-])C(C)(C)C)c1F. The molecule has 24 heavy (non-hydrogen) atoms. The lowest BCUT2D eigenvalue weighted by atomic mass is 10.2. The maximum Gasteiger partial charge on any atom is 0.150 e. The van der Waals surface area contributed by atoms with Gasteiger partial charge in [0.25, 0.3) is 0 Å². The van der Waals surface area contributed by atoms with Crippen molar-refractivity contribution < 1.29 is 8.94 Å². The van der Waals surface area contributed by atoms with Gasteiger partial charge in [-0.3, -0.25) is 0 Å². The van der Waals surface area contributed by atoms with E-state index in [1.807, 2.05) is 26.8 Å². The summed E-state index contributed by atoms with van der Waals surface area (Å²) in [4.78, 5) is 4.28. The van der Waals surface area contributed by atoms with E-state index in [2.05, 4.69) is 46.1 Å². The van der Waals surface area contributed by atoms with Gasteiger partial charge in [0, 0.05) is 0 Å². The average molecular weight is 435 g/mol. The number of rotatable bonds is 6. The maximum absolute atomic E-state index is 15.3. The van der Waals surface area contributed by atoms with Gasteiger partial charge in [0.1, 0.15) is 37.9 Å². The summed E-state index contributed by atoms with van der Waals surface area (Å²) in [6.07, 6.45) is 0. The standard InChI is InChI=1S/C17H28BrFN2OSSi/c1-8-24(9-2,10-3)13-11-14(18)20-16(15(13)19)12(4)21-23(22)17(5,6)7/h11H,8-10H2,1-7H3/b21-12-. The molecule has 0 saturated heterocycles. The van der Waals surface area contributed by atoms with Crippen molar-refractivity contribution in [3.8, 4) is 0 Å². The highest BCUT2D eigenvalue weighted by Gasteiger charge is 2.34. The van der Waals surface area contributed by atoms with E-state index in [0.29, 0.717) is 10.3 Å². The Balaban J connectivity index is 3.51. The van der Waals surface area contributed by atoms with Gasteiger partial charge in [0.15, 0.2) is 0 Å². The molecule has 0 aliphatic carbocycles. The summed E-state index contributed by atoms with van der Waals surface area (Å²) in [6, 6.07) is 4.78. The van der Waals surface area contributed by atoms with Crippen molar-refractivity contribution >= 4 is 46.3 Å². The second-order valence-corrected chi connectivity index (χ2v) is 15.0. The molecule has 0 radical (unpaired) electrons. The molecule has 1 heterocycles. The third-order valence-corrected chi connectivity index (χ3v) is 12.1. The van der Waals surface area contributed by atoms with Crippen LogP contribution in [0.2, 0.25) is 18.1 Å². The molecule has 1 atom stereocenters. The molecule has 0 N–H and O–H groups in total. The van der Waals surface area contributed by atoms with Gasteiger partial charge < -0.3 is 4.55 Å². The normalized spacial score (nSPS) is 14.8. The number of pyridine rings is 1. The van der Waals surface area contributed by atoms with E-state index >= 15 is 4.39 Å². The van der Waals surface area contributed by atoms with Crippen LogP contribution in [0.4, 0.5) is 4.39 Å². The van der Waals surface area contributed by atoms with Crippen LogP contribution in [-0.2, 0) is 11.4 Å². The molecule has 1 aromatic heterocycles. The Morgan fingerprint density at radius 2 is 1.79 bits per heavy atom. The number of aromatic nitrogens is 1. The maximum atomic E-state index is 15.3. The van der Waals surface area contributed by atoms with Crippen molar-refractivity contribution in [2.24, 2.45) is 4.40 Å². The summed E-state index contributed by atoms with van der Waals surface area (Å²) in [5.74, 6) is -0.289. The minimum absolute atomic E-state index is 0.212. The first-order valence-electron chi connectivity index (χ1n) is 8.36. The smallest absolute Gasteiger partial charge is 0.150 e. The fourth-order valence-electron chi connectivity index (χ4n) is 2.75. The van der Waals surface area contributed by atoms with Gasteiger partial charge >= 0.3 is 0 Å². The molecule has 1 rings (SSSR count). The van der Waals surface area contributed by atoms with E-state index in [0.717, 1.165) is 23.3 Å². The van der Waals surface area contributed by atoms with Crippen LogP contribution in [0.15, 0.2) is 15.1 Å². The largest absolute Gasteiger partial charge is 0.591 e. The zero-order chi connectivity index (χ0) is 18.7. The lowest BCUT2D eigenvalue weighted by Crippen LogP contribution is -2.48. The van der Waals surface area contributed by atoms with Crippen LogP contribution < -0.4 is 5.19 Å². The molecule has 1 aromatic rings. The minimum Gasteiger partial charge on any atom is -0.591 e. The Morgan fingerprint density at radius 1 is 1.29 bits per heavy atom. The van der Waals surface area contributed by atoms with Crippen LogP contribution in [0.5, 0.6) is 0 Å². The first kappa shape index (κ1) is 21.8. The van der Waals surface area contributed by atoms with Crippen molar-refractivity contribution in [3.63, 3.8) is 0 Å². The molecule has 3 nitrogen and oxygen atoms in total. The molecule has 0 aromatic carbocycles. The molecule has 0 fully saturated rings. The lowest BCUT2D eigenvalue weighted by Gasteiger charge is -2.29. The topological polar surface area (TPSA) is 48.3 Å². The van der Waals surface area contributed by atoms with Gasteiger partial charge in [-0.2, -0.15) is 0 Å². The third-order valence-electron chi connectivity index (χ3n) is 4.61. The first-order valence-corrected chi connectivity index (χ1v) is 12.9. The van der Waals surface area contributed by atoms with E-state index in [-0.39, 0.29) is 11.5 Å². The van der Waals surface area contributed by atoms with E-state index < -0.39 is 24.2 Å². The van der Waals surface area contributed by atoms with Crippen LogP contribution in [0.3, 0.4) is 0 Å². The highest BCUT2D eigenvalue weighted by Crippen LogP contribution is 2.25. The molecule has 0 bridgehead atoms. The van der Waals surface area contributed by atoms with Gasteiger partial charge in [-0.15, -0.1) is 0 Å².